The maximum absolute atomic E-state index is 13.0. The summed E-state index contributed by atoms with van der Waals surface area (Å²) in [7, 11) is -3.84. The zero-order chi connectivity index (χ0) is 25.2. The molecule has 0 aliphatic carbocycles. The maximum atomic E-state index is 13.0. The number of hydrogen-bond acceptors (Lipinski definition) is 7. The van der Waals surface area contributed by atoms with Gasteiger partial charge in [0.15, 0.2) is 0 Å². The van der Waals surface area contributed by atoms with E-state index in [-0.39, 0.29) is 16.8 Å². The van der Waals surface area contributed by atoms with E-state index in [1.54, 1.807) is 49.4 Å². The minimum absolute atomic E-state index is 0.0571. The third-order valence-corrected chi connectivity index (χ3v) is 6.16. The van der Waals surface area contributed by atoms with Crippen molar-refractivity contribution < 1.29 is 27.2 Å². The highest BCUT2D eigenvalue weighted by molar-refractivity contribution is 7.89. The number of ether oxygens (including phenoxy) is 1. The molecule has 1 aliphatic heterocycles. The minimum Gasteiger partial charge on any atom is -0.462 e. The van der Waals surface area contributed by atoms with Crippen LogP contribution in [0.1, 0.15) is 36.4 Å². The number of nitrogens with zero attached hydrogens (tertiary/aromatic N) is 2. The molecule has 2 heterocycles. The van der Waals surface area contributed by atoms with Crippen molar-refractivity contribution in [2.24, 2.45) is 10.2 Å². The standard InChI is InChI=1S/C25H23N3O6S/c1-3-14-33-25(30)18-6-4-17(5-7-18)23-13-10-20(34-23)15-22-16(2)27-28(24(22)29)19-8-11-21(12-9-19)35(26,31)32/h4-13,15H,3,14H2,1-2H3,(H2,26,31,32). The first-order valence-electron chi connectivity index (χ1n) is 10.8. The number of hydrazone groups is 1. The van der Waals surface area contributed by atoms with Crippen LogP contribution in [-0.2, 0) is 19.6 Å². The van der Waals surface area contributed by atoms with Crippen molar-refractivity contribution in [3.63, 3.8) is 0 Å². The summed E-state index contributed by atoms with van der Waals surface area (Å²) in [5, 5.41) is 10.6. The van der Waals surface area contributed by atoms with E-state index < -0.39 is 10.0 Å². The van der Waals surface area contributed by atoms with Crippen molar-refractivity contribution >= 4 is 39.4 Å². The smallest absolute Gasteiger partial charge is 0.338 e. The molecule has 0 spiro atoms. The first kappa shape index (κ1) is 24.1. The molecule has 1 aliphatic rings. The van der Waals surface area contributed by atoms with Crippen molar-refractivity contribution in [2.75, 3.05) is 11.6 Å². The molecule has 1 aromatic heterocycles. The molecule has 0 bridgehead atoms. The SMILES string of the molecule is CCCOC(=O)c1ccc(-c2ccc(C=C3C(=O)N(c4ccc(S(N)(=O)=O)cc4)N=C3C)o2)cc1. The van der Waals surface area contributed by atoms with E-state index in [0.29, 0.717) is 40.7 Å². The highest BCUT2D eigenvalue weighted by Gasteiger charge is 2.29. The third kappa shape index (κ3) is 5.23. The first-order valence-corrected chi connectivity index (χ1v) is 12.3. The minimum atomic E-state index is -3.84. The molecule has 10 heteroatoms. The summed E-state index contributed by atoms with van der Waals surface area (Å²) in [6.07, 6.45) is 2.35. The molecular formula is C25H23N3O6S. The molecule has 2 N–H and O–H groups in total. The van der Waals surface area contributed by atoms with Gasteiger partial charge in [-0.15, -0.1) is 0 Å². The predicted octanol–water partition coefficient (Wildman–Crippen LogP) is 3.97. The molecule has 0 fully saturated rings. The van der Waals surface area contributed by atoms with Gasteiger partial charge in [-0.1, -0.05) is 19.1 Å². The average molecular weight is 494 g/mol. The Labute approximate surface area is 202 Å². The normalized spacial score (nSPS) is 14.9. The van der Waals surface area contributed by atoms with Crippen LogP contribution in [0.2, 0.25) is 0 Å². The average Bonchev–Trinajstić information content (AvgIpc) is 3.42. The summed E-state index contributed by atoms with van der Waals surface area (Å²) < 4.78 is 33.9. The third-order valence-electron chi connectivity index (χ3n) is 5.23. The molecule has 0 radical (unpaired) electrons. The van der Waals surface area contributed by atoms with Gasteiger partial charge in [-0.25, -0.2) is 18.4 Å². The summed E-state index contributed by atoms with van der Waals surface area (Å²) in [4.78, 5) is 24.9. The molecule has 0 saturated carbocycles. The van der Waals surface area contributed by atoms with Crippen LogP contribution >= 0.6 is 0 Å². The Morgan fingerprint density at radius 2 is 1.77 bits per heavy atom. The summed E-state index contributed by atoms with van der Waals surface area (Å²) in [5.41, 5.74) is 2.45. The van der Waals surface area contributed by atoms with Crippen LogP contribution in [0.3, 0.4) is 0 Å². The van der Waals surface area contributed by atoms with Crippen molar-refractivity contribution in [1.82, 2.24) is 0 Å². The number of benzene rings is 2. The molecule has 3 aromatic rings. The number of rotatable bonds is 7. The van der Waals surface area contributed by atoms with Gasteiger partial charge in [0, 0.05) is 5.56 Å². The van der Waals surface area contributed by atoms with Gasteiger partial charge in [0.2, 0.25) is 10.0 Å². The summed E-state index contributed by atoms with van der Waals surface area (Å²) in [5.74, 6) is 0.275. The van der Waals surface area contributed by atoms with Gasteiger partial charge in [0.1, 0.15) is 11.5 Å². The topological polar surface area (TPSA) is 132 Å². The molecule has 180 valence electrons. The van der Waals surface area contributed by atoms with Gasteiger partial charge in [0.25, 0.3) is 5.91 Å². The Morgan fingerprint density at radius 3 is 2.40 bits per heavy atom. The molecule has 9 nitrogen and oxygen atoms in total. The monoisotopic (exact) mass is 493 g/mol. The van der Waals surface area contributed by atoms with Crippen LogP contribution in [0.15, 0.2) is 80.7 Å². The van der Waals surface area contributed by atoms with E-state index >= 15 is 0 Å². The van der Waals surface area contributed by atoms with Gasteiger partial charge in [-0.2, -0.15) is 10.1 Å². The molecule has 4 rings (SSSR count). The zero-order valence-corrected chi connectivity index (χ0v) is 19.9. The Kier molecular flexibility index (Phi) is 6.68. The van der Waals surface area contributed by atoms with Crippen LogP contribution in [-0.4, -0.2) is 32.6 Å². The lowest BCUT2D eigenvalue weighted by Gasteiger charge is -2.11. The van der Waals surface area contributed by atoms with Gasteiger partial charge in [0.05, 0.1) is 34.0 Å². The Hall–Kier alpha value is -4.02. The number of carbonyl (C=O) groups is 2. The number of anilines is 1. The van der Waals surface area contributed by atoms with Crippen molar-refractivity contribution in [2.45, 2.75) is 25.2 Å². The highest BCUT2D eigenvalue weighted by atomic mass is 32.2. The van der Waals surface area contributed by atoms with Crippen LogP contribution in [0.25, 0.3) is 17.4 Å². The molecule has 2 aromatic carbocycles. The van der Waals surface area contributed by atoms with E-state index in [9.17, 15) is 18.0 Å². The number of carbonyl (C=O) groups excluding carboxylic acids is 2. The lowest BCUT2D eigenvalue weighted by atomic mass is 10.1. The molecule has 0 saturated heterocycles. The number of sulfonamides is 1. The highest BCUT2D eigenvalue weighted by Crippen LogP contribution is 2.28. The number of esters is 1. The van der Waals surface area contributed by atoms with Crippen molar-refractivity contribution in [3.05, 3.63) is 77.6 Å². The molecule has 0 atom stereocenters. The van der Waals surface area contributed by atoms with E-state index in [4.69, 9.17) is 14.3 Å². The van der Waals surface area contributed by atoms with Gasteiger partial charge in [-0.3, -0.25) is 4.79 Å². The molecule has 35 heavy (non-hydrogen) atoms. The van der Waals surface area contributed by atoms with Crippen LogP contribution in [0.4, 0.5) is 5.69 Å². The van der Waals surface area contributed by atoms with Crippen molar-refractivity contribution in [3.8, 4) is 11.3 Å². The first-order chi connectivity index (χ1) is 16.7. The number of primary sulfonamides is 1. The second-order valence-corrected chi connectivity index (χ2v) is 9.38. The van der Waals surface area contributed by atoms with Crippen molar-refractivity contribution in [1.29, 1.82) is 0 Å². The van der Waals surface area contributed by atoms with Gasteiger partial charge in [-0.05, 0) is 68.0 Å². The van der Waals surface area contributed by atoms with E-state index in [2.05, 4.69) is 5.10 Å². The van der Waals surface area contributed by atoms with Crippen LogP contribution < -0.4 is 10.1 Å². The lowest BCUT2D eigenvalue weighted by Crippen LogP contribution is -2.21. The fraction of sp³-hybridized carbons (Fsp3) is 0.160. The second-order valence-electron chi connectivity index (χ2n) is 7.81. The number of amides is 1. The largest absolute Gasteiger partial charge is 0.462 e. The zero-order valence-electron chi connectivity index (χ0n) is 19.1. The Bertz CT molecular complexity index is 1440. The van der Waals surface area contributed by atoms with Crippen LogP contribution in [0, 0.1) is 0 Å². The maximum Gasteiger partial charge on any atom is 0.338 e. The number of furan rings is 1. The Balaban J connectivity index is 1.51. The summed E-state index contributed by atoms with van der Waals surface area (Å²) >= 11 is 0. The van der Waals surface area contributed by atoms with Crippen LogP contribution in [0.5, 0.6) is 0 Å². The fourth-order valence-electron chi connectivity index (χ4n) is 3.41. The Morgan fingerprint density at radius 1 is 1.09 bits per heavy atom. The van der Waals surface area contributed by atoms with E-state index in [1.807, 2.05) is 6.92 Å². The van der Waals surface area contributed by atoms with Gasteiger partial charge < -0.3 is 9.15 Å². The van der Waals surface area contributed by atoms with Gasteiger partial charge >= 0.3 is 5.97 Å². The predicted molar refractivity (Wildman–Crippen MR) is 131 cm³/mol. The summed E-state index contributed by atoms with van der Waals surface area (Å²) in [6, 6.07) is 15.9. The van der Waals surface area contributed by atoms with E-state index in [0.717, 1.165) is 12.0 Å². The fourth-order valence-corrected chi connectivity index (χ4v) is 3.93. The molecule has 1 amide bonds. The molecular weight excluding hydrogens is 470 g/mol. The lowest BCUT2D eigenvalue weighted by molar-refractivity contribution is -0.114. The van der Waals surface area contributed by atoms with E-state index in [1.165, 1.54) is 29.3 Å². The second kappa shape index (κ2) is 9.69. The molecule has 0 unspecified atom stereocenters. The summed E-state index contributed by atoms with van der Waals surface area (Å²) in [6.45, 7) is 4.00. The number of hydrogen-bond donors (Lipinski definition) is 1. The number of nitrogens with two attached hydrogens (primary N) is 1. The quantitative estimate of drug-likeness (QED) is 0.391.